The van der Waals surface area contributed by atoms with Crippen LogP contribution >= 0.6 is 0 Å². The molecule has 0 fully saturated rings. The molecule has 0 radical (unpaired) electrons. The summed E-state index contributed by atoms with van der Waals surface area (Å²) >= 11 is 0. The Morgan fingerprint density at radius 2 is 0.893 bits per heavy atom. The molecular weight excluding hydrogens is 344 g/mol. The summed E-state index contributed by atoms with van der Waals surface area (Å²) in [6, 6.07) is 0. The number of hydrogen-bond acceptors (Lipinski definition) is 1. The summed E-state index contributed by atoms with van der Waals surface area (Å²) in [4.78, 5) is 10.5. The number of aliphatic carboxylic acids is 1. The molecule has 0 aromatic heterocycles. The van der Waals surface area contributed by atoms with Gasteiger partial charge in [0, 0.05) is 6.42 Å². The molecule has 0 unspecified atom stereocenters. The van der Waals surface area contributed by atoms with Gasteiger partial charge in [0.2, 0.25) is 0 Å². The Hall–Kier alpha value is -0.530. The van der Waals surface area contributed by atoms with Crippen molar-refractivity contribution in [3.8, 4) is 0 Å². The molecule has 0 aliphatic rings. The Balaban J connectivity index is 3.10. The molecular formula is C26H52O2. The van der Waals surface area contributed by atoms with Crippen molar-refractivity contribution in [3.63, 3.8) is 0 Å². The first-order chi connectivity index (χ1) is 13.7. The first kappa shape index (κ1) is 27.5. The van der Waals surface area contributed by atoms with Crippen LogP contribution in [0.2, 0.25) is 0 Å². The first-order valence-electron chi connectivity index (χ1n) is 12.9. The zero-order valence-electron chi connectivity index (χ0n) is 19.5. The number of unbranched alkanes of at least 4 members (excludes halogenated alkanes) is 17. The van der Waals surface area contributed by atoms with Crippen LogP contribution in [0.1, 0.15) is 155 Å². The van der Waals surface area contributed by atoms with Gasteiger partial charge in [0.15, 0.2) is 0 Å². The number of rotatable bonds is 23. The molecule has 2 heteroatoms. The van der Waals surface area contributed by atoms with Crippen LogP contribution in [0.15, 0.2) is 0 Å². The van der Waals surface area contributed by atoms with Gasteiger partial charge in [-0.15, -0.1) is 0 Å². The summed E-state index contributed by atoms with van der Waals surface area (Å²) in [7, 11) is 0. The zero-order valence-corrected chi connectivity index (χ0v) is 19.5. The molecule has 2 nitrogen and oxygen atoms in total. The molecule has 0 aromatic rings. The lowest BCUT2D eigenvalue weighted by atomic mass is 9.96. The number of hydrogen-bond donors (Lipinski definition) is 1. The van der Waals surface area contributed by atoms with Crippen LogP contribution in [0, 0.1) is 5.92 Å². The number of carbonyl (C=O) groups is 1. The average Bonchev–Trinajstić information content (AvgIpc) is 2.67. The summed E-state index contributed by atoms with van der Waals surface area (Å²) in [6.45, 7) is 4.62. The monoisotopic (exact) mass is 396 g/mol. The highest BCUT2D eigenvalue weighted by molar-refractivity contribution is 5.66. The van der Waals surface area contributed by atoms with Gasteiger partial charge in [-0.2, -0.15) is 0 Å². The lowest BCUT2D eigenvalue weighted by Crippen LogP contribution is -1.98. The molecule has 1 atom stereocenters. The van der Waals surface area contributed by atoms with Crippen molar-refractivity contribution in [2.45, 2.75) is 155 Å². The molecule has 28 heavy (non-hydrogen) atoms. The van der Waals surface area contributed by atoms with E-state index in [1.165, 1.54) is 122 Å². The molecule has 0 aromatic carbocycles. The average molecular weight is 397 g/mol. The van der Waals surface area contributed by atoms with E-state index in [0.717, 1.165) is 18.8 Å². The Morgan fingerprint density at radius 1 is 0.571 bits per heavy atom. The Kier molecular flexibility index (Phi) is 22.3. The van der Waals surface area contributed by atoms with Gasteiger partial charge in [-0.05, 0) is 12.3 Å². The van der Waals surface area contributed by atoms with Gasteiger partial charge < -0.3 is 5.11 Å². The predicted molar refractivity (Wildman–Crippen MR) is 124 cm³/mol. The standard InChI is InChI=1S/C26H52O2/c1-3-4-5-6-7-8-9-10-11-12-13-14-15-16-17-18-19-22-25(2)23-20-21-24-26(27)28/h25H,3-24H2,1-2H3,(H,27,28)/t25-/m1/s1. The van der Waals surface area contributed by atoms with Crippen LogP contribution < -0.4 is 0 Å². The Morgan fingerprint density at radius 3 is 1.25 bits per heavy atom. The number of carboxylic acids is 1. The highest BCUT2D eigenvalue weighted by Gasteiger charge is 2.03. The number of carboxylic acid groups (broad SMARTS) is 1. The second-order valence-corrected chi connectivity index (χ2v) is 9.19. The molecule has 0 heterocycles. The van der Waals surface area contributed by atoms with Crippen molar-refractivity contribution in [1.82, 2.24) is 0 Å². The topological polar surface area (TPSA) is 37.3 Å². The van der Waals surface area contributed by atoms with Crippen LogP contribution in [0.4, 0.5) is 0 Å². The smallest absolute Gasteiger partial charge is 0.303 e. The van der Waals surface area contributed by atoms with E-state index >= 15 is 0 Å². The largest absolute Gasteiger partial charge is 0.481 e. The molecule has 0 saturated carbocycles. The van der Waals surface area contributed by atoms with Gasteiger partial charge in [-0.1, -0.05) is 142 Å². The van der Waals surface area contributed by atoms with Crippen LogP contribution in [0.25, 0.3) is 0 Å². The molecule has 0 aliphatic heterocycles. The fraction of sp³-hybridized carbons (Fsp3) is 0.962. The summed E-state index contributed by atoms with van der Waals surface area (Å²) < 4.78 is 0. The van der Waals surface area contributed by atoms with Crippen molar-refractivity contribution in [2.24, 2.45) is 5.92 Å². The molecule has 0 saturated heterocycles. The van der Waals surface area contributed by atoms with E-state index in [1.807, 2.05) is 0 Å². The van der Waals surface area contributed by atoms with E-state index in [4.69, 9.17) is 5.11 Å². The molecule has 1 N–H and O–H groups in total. The van der Waals surface area contributed by atoms with E-state index in [2.05, 4.69) is 13.8 Å². The molecule has 168 valence electrons. The van der Waals surface area contributed by atoms with E-state index in [9.17, 15) is 4.79 Å². The fourth-order valence-electron chi connectivity index (χ4n) is 4.13. The van der Waals surface area contributed by atoms with Crippen LogP contribution in [-0.2, 0) is 4.79 Å². The Bertz CT molecular complexity index is 314. The lowest BCUT2D eigenvalue weighted by molar-refractivity contribution is -0.137. The molecule has 0 bridgehead atoms. The Labute approximate surface area is 177 Å². The maximum absolute atomic E-state index is 10.5. The van der Waals surface area contributed by atoms with Crippen LogP contribution in [-0.4, -0.2) is 11.1 Å². The fourth-order valence-corrected chi connectivity index (χ4v) is 4.13. The van der Waals surface area contributed by atoms with Crippen molar-refractivity contribution in [2.75, 3.05) is 0 Å². The van der Waals surface area contributed by atoms with Crippen molar-refractivity contribution in [1.29, 1.82) is 0 Å². The summed E-state index contributed by atoms with van der Waals surface area (Å²) in [5.74, 6) is 0.117. The van der Waals surface area contributed by atoms with E-state index in [1.54, 1.807) is 0 Å². The van der Waals surface area contributed by atoms with Gasteiger partial charge >= 0.3 is 5.97 Å². The van der Waals surface area contributed by atoms with Gasteiger partial charge in [0.1, 0.15) is 0 Å². The third-order valence-corrected chi connectivity index (χ3v) is 6.14. The van der Waals surface area contributed by atoms with Gasteiger partial charge in [-0.3, -0.25) is 4.79 Å². The third kappa shape index (κ3) is 23.5. The minimum Gasteiger partial charge on any atom is -0.481 e. The zero-order chi connectivity index (χ0) is 20.7. The maximum Gasteiger partial charge on any atom is 0.303 e. The minimum absolute atomic E-state index is 0.339. The van der Waals surface area contributed by atoms with Gasteiger partial charge in [0.05, 0.1) is 0 Å². The second-order valence-electron chi connectivity index (χ2n) is 9.19. The van der Waals surface area contributed by atoms with Gasteiger partial charge in [0.25, 0.3) is 0 Å². The maximum atomic E-state index is 10.5. The van der Waals surface area contributed by atoms with Crippen molar-refractivity contribution in [3.05, 3.63) is 0 Å². The molecule has 0 rings (SSSR count). The highest BCUT2D eigenvalue weighted by Crippen LogP contribution is 2.18. The molecule has 0 amide bonds. The minimum atomic E-state index is -0.652. The quantitative estimate of drug-likeness (QED) is 0.175. The first-order valence-corrected chi connectivity index (χ1v) is 12.9. The van der Waals surface area contributed by atoms with Gasteiger partial charge in [-0.25, -0.2) is 0 Å². The normalized spacial score (nSPS) is 12.4. The lowest BCUT2D eigenvalue weighted by Gasteiger charge is -2.10. The third-order valence-electron chi connectivity index (χ3n) is 6.14. The summed E-state index contributed by atoms with van der Waals surface area (Å²) in [6.07, 6.45) is 29.1. The van der Waals surface area contributed by atoms with E-state index < -0.39 is 5.97 Å². The SMILES string of the molecule is CCCCCCCCCCCCCCCCCCC[C@@H](C)CCCCC(=O)O. The highest BCUT2D eigenvalue weighted by atomic mass is 16.4. The van der Waals surface area contributed by atoms with Crippen LogP contribution in [0.3, 0.4) is 0 Å². The van der Waals surface area contributed by atoms with E-state index in [-0.39, 0.29) is 0 Å². The summed E-state index contributed by atoms with van der Waals surface area (Å²) in [5, 5.41) is 8.64. The van der Waals surface area contributed by atoms with E-state index in [0.29, 0.717) is 6.42 Å². The van der Waals surface area contributed by atoms with Crippen molar-refractivity contribution < 1.29 is 9.90 Å². The molecule has 0 aliphatic carbocycles. The predicted octanol–water partition coefficient (Wildman–Crippen LogP) is 9.31. The second kappa shape index (κ2) is 22.8. The summed E-state index contributed by atoms with van der Waals surface area (Å²) in [5.41, 5.74) is 0. The van der Waals surface area contributed by atoms with Crippen molar-refractivity contribution >= 4 is 5.97 Å². The molecule has 0 spiro atoms. The van der Waals surface area contributed by atoms with Crippen LogP contribution in [0.5, 0.6) is 0 Å².